The van der Waals surface area contributed by atoms with Crippen LogP contribution in [0.5, 0.6) is 0 Å². The molecule has 0 aromatic heterocycles. The van der Waals surface area contributed by atoms with E-state index in [1.54, 1.807) is 0 Å². The Kier molecular flexibility index (Phi) is 2.86. The van der Waals surface area contributed by atoms with Gasteiger partial charge in [0.15, 0.2) is 0 Å². The lowest BCUT2D eigenvalue weighted by Crippen LogP contribution is -2.44. The summed E-state index contributed by atoms with van der Waals surface area (Å²) in [5.41, 5.74) is 5.44. The van der Waals surface area contributed by atoms with E-state index in [1.165, 1.54) is 7.11 Å². The third-order valence-corrected chi connectivity index (χ3v) is 2.11. The Morgan fingerprint density at radius 1 is 1.75 bits per heavy atom. The molecule has 5 heteroatoms. The molecule has 0 aromatic carbocycles. The van der Waals surface area contributed by atoms with Crippen molar-refractivity contribution in [1.29, 1.82) is 0 Å². The Balaban J connectivity index is 2.43. The van der Waals surface area contributed by atoms with Gasteiger partial charge in [0.1, 0.15) is 0 Å². The lowest BCUT2D eigenvalue weighted by atomic mass is 10.2. The average Bonchev–Trinajstić information content (AvgIpc) is 2.81. The fourth-order valence-electron chi connectivity index (χ4n) is 1.04. The quantitative estimate of drug-likeness (QED) is 0.629. The van der Waals surface area contributed by atoms with Crippen LogP contribution in [0.4, 0.5) is 4.79 Å². The number of amides is 1. The number of rotatable bonds is 3. The van der Waals surface area contributed by atoms with Crippen LogP contribution in [0, 0.1) is 5.92 Å². The summed E-state index contributed by atoms with van der Waals surface area (Å²) in [5, 5.41) is 2.60. The minimum atomic E-state index is -0.472. The summed E-state index contributed by atoms with van der Waals surface area (Å²) >= 11 is 4.81. The van der Waals surface area contributed by atoms with Crippen LogP contribution in [-0.2, 0) is 4.74 Å². The third-order valence-electron chi connectivity index (χ3n) is 1.86. The largest absolute Gasteiger partial charge is 0.453 e. The first-order valence-corrected chi connectivity index (χ1v) is 4.19. The van der Waals surface area contributed by atoms with E-state index in [1.807, 2.05) is 0 Å². The van der Waals surface area contributed by atoms with E-state index in [9.17, 15) is 4.79 Å². The van der Waals surface area contributed by atoms with Crippen molar-refractivity contribution < 1.29 is 9.53 Å². The van der Waals surface area contributed by atoms with E-state index in [2.05, 4.69) is 10.1 Å². The van der Waals surface area contributed by atoms with Crippen molar-refractivity contribution in [2.75, 3.05) is 7.11 Å². The zero-order valence-corrected chi connectivity index (χ0v) is 7.69. The Morgan fingerprint density at radius 3 is 2.67 bits per heavy atom. The molecule has 0 bridgehead atoms. The van der Waals surface area contributed by atoms with Gasteiger partial charge in [0, 0.05) is 0 Å². The maximum absolute atomic E-state index is 10.8. The fraction of sp³-hybridized carbons (Fsp3) is 0.714. The maximum atomic E-state index is 10.8. The minimum absolute atomic E-state index is 0.188. The molecular formula is C7H12N2O2S. The summed E-state index contributed by atoms with van der Waals surface area (Å²) in [7, 11) is 1.32. The Labute approximate surface area is 76.4 Å². The second-order valence-electron chi connectivity index (χ2n) is 2.85. The number of ether oxygens (including phenoxy) is 1. The molecule has 1 aliphatic rings. The lowest BCUT2D eigenvalue weighted by Gasteiger charge is -2.14. The van der Waals surface area contributed by atoms with Crippen LogP contribution in [0.25, 0.3) is 0 Å². The van der Waals surface area contributed by atoms with Gasteiger partial charge in [0.2, 0.25) is 0 Å². The zero-order chi connectivity index (χ0) is 9.14. The highest BCUT2D eigenvalue weighted by atomic mass is 32.1. The second-order valence-corrected chi connectivity index (χ2v) is 3.32. The van der Waals surface area contributed by atoms with E-state index in [0.717, 1.165) is 12.8 Å². The number of carbonyl (C=O) groups excluding carboxylic acids is 1. The molecule has 3 N–H and O–H groups in total. The van der Waals surface area contributed by atoms with Crippen LogP contribution in [0.1, 0.15) is 12.8 Å². The van der Waals surface area contributed by atoms with Crippen molar-refractivity contribution in [2.45, 2.75) is 18.9 Å². The van der Waals surface area contributed by atoms with Crippen LogP contribution >= 0.6 is 12.2 Å². The number of carbonyl (C=O) groups is 1. The highest BCUT2D eigenvalue weighted by Crippen LogP contribution is 2.32. The summed E-state index contributed by atoms with van der Waals surface area (Å²) in [6.07, 6.45) is 1.68. The number of alkyl carbamates (subject to hydrolysis) is 1. The van der Waals surface area contributed by atoms with Gasteiger partial charge >= 0.3 is 6.09 Å². The first kappa shape index (κ1) is 9.25. The monoisotopic (exact) mass is 188 g/mol. The summed E-state index contributed by atoms with van der Waals surface area (Å²) < 4.78 is 4.44. The smallest absolute Gasteiger partial charge is 0.407 e. The molecular weight excluding hydrogens is 176 g/mol. The molecule has 1 saturated carbocycles. The number of thiocarbonyl (C=S) groups is 1. The zero-order valence-electron chi connectivity index (χ0n) is 6.87. The molecule has 0 aromatic rings. The van der Waals surface area contributed by atoms with E-state index < -0.39 is 6.09 Å². The Morgan fingerprint density at radius 2 is 2.33 bits per heavy atom. The van der Waals surface area contributed by atoms with Gasteiger partial charge in [-0.2, -0.15) is 0 Å². The summed E-state index contributed by atoms with van der Waals surface area (Å²) in [5.74, 6) is 0.418. The van der Waals surface area contributed by atoms with Gasteiger partial charge in [-0.3, -0.25) is 0 Å². The van der Waals surface area contributed by atoms with Gasteiger partial charge in [-0.05, 0) is 18.8 Å². The molecule has 1 atom stereocenters. The van der Waals surface area contributed by atoms with Gasteiger partial charge in [0.05, 0.1) is 18.1 Å². The summed E-state index contributed by atoms with van der Waals surface area (Å²) in [6, 6.07) is -0.188. The number of nitrogens with two attached hydrogens (primary N) is 1. The molecule has 0 heterocycles. The van der Waals surface area contributed by atoms with Crippen molar-refractivity contribution >= 4 is 23.3 Å². The minimum Gasteiger partial charge on any atom is -0.453 e. The maximum Gasteiger partial charge on any atom is 0.407 e. The summed E-state index contributed by atoms with van der Waals surface area (Å²) in [4.78, 5) is 11.1. The molecule has 68 valence electrons. The third kappa shape index (κ3) is 2.34. The molecule has 1 fully saturated rings. The standard InChI is InChI=1S/C7H12N2O2S/c1-11-7(10)9-5(6(8)12)4-2-3-4/h4-5H,2-3H2,1H3,(H2,8,12)(H,9,10). The number of nitrogens with one attached hydrogen (secondary N) is 1. The fourth-order valence-corrected chi connectivity index (χ4v) is 1.29. The van der Waals surface area contributed by atoms with Crippen LogP contribution in [0.2, 0.25) is 0 Å². The Bertz CT molecular complexity index is 204. The first-order valence-electron chi connectivity index (χ1n) is 3.79. The predicted octanol–water partition coefficient (Wildman–Crippen LogP) is 0.407. The molecule has 12 heavy (non-hydrogen) atoms. The number of hydrogen-bond acceptors (Lipinski definition) is 3. The molecule has 1 aliphatic carbocycles. The molecule has 1 unspecified atom stereocenters. The van der Waals surface area contributed by atoms with Crippen LogP contribution in [-0.4, -0.2) is 24.2 Å². The van der Waals surface area contributed by atoms with Crippen molar-refractivity contribution in [3.8, 4) is 0 Å². The number of methoxy groups -OCH3 is 1. The molecule has 0 aliphatic heterocycles. The van der Waals surface area contributed by atoms with E-state index in [0.29, 0.717) is 10.9 Å². The lowest BCUT2D eigenvalue weighted by molar-refractivity contribution is 0.168. The molecule has 0 saturated heterocycles. The Hall–Kier alpha value is -0.840. The molecule has 4 nitrogen and oxygen atoms in total. The average molecular weight is 188 g/mol. The van der Waals surface area contributed by atoms with E-state index in [-0.39, 0.29) is 6.04 Å². The second kappa shape index (κ2) is 3.71. The van der Waals surface area contributed by atoms with Gasteiger partial charge in [0.25, 0.3) is 0 Å². The molecule has 0 radical (unpaired) electrons. The number of hydrogen-bond donors (Lipinski definition) is 2. The van der Waals surface area contributed by atoms with E-state index >= 15 is 0 Å². The SMILES string of the molecule is COC(=O)NC(C(N)=S)C1CC1. The molecule has 0 spiro atoms. The van der Waals surface area contributed by atoms with Crippen molar-refractivity contribution in [3.05, 3.63) is 0 Å². The molecule has 1 amide bonds. The normalized spacial score (nSPS) is 18.1. The van der Waals surface area contributed by atoms with Gasteiger partial charge in [-0.25, -0.2) is 4.79 Å². The first-order chi connectivity index (χ1) is 5.65. The van der Waals surface area contributed by atoms with Crippen molar-refractivity contribution in [3.63, 3.8) is 0 Å². The van der Waals surface area contributed by atoms with E-state index in [4.69, 9.17) is 18.0 Å². The highest BCUT2D eigenvalue weighted by molar-refractivity contribution is 7.80. The summed E-state index contributed by atoms with van der Waals surface area (Å²) in [6.45, 7) is 0. The van der Waals surface area contributed by atoms with Crippen LogP contribution in [0.3, 0.4) is 0 Å². The van der Waals surface area contributed by atoms with Crippen molar-refractivity contribution in [2.24, 2.45) is 11.7 Å². The van der Waals surface area contributed by atoms with Gasteiger partial charge in [-0.15, -0.1) is 0 Å². The molecule has 1 rings (SSSR count). The topological polar surface area (TPSA) is 64.3 Å². The van der Waals surface area contributed by atoms with Crippen LogP contribution in [0.15, 0.2) is 0 Å². The van der Waals surface area contributed by atoms with Crippen molar-refractivity contribution in [1.82, 2.24) is 5.32 Å². The van der Waals surface area contributed by atoms with Gasteiger partial charge in [-0.1, -0.05) is 12.2 Å². The van der Waals surface area contributed by atoms with Gasteiger partial charge < -0.3 is 15.8 Å². The predicted molar refractivity (Wildman–Crippen MR) is 48.8 cm³/mol. The van der Waals surface area contributed by atoms with Crippen LogP contribution < -0.4 is 11.1 Å². The highest BCUT2D eigenvalue weighted by Gasteiger charge is 2.34.